The third-order valence-corrected chi connectivity index (χ3v) is 10.7. The number of nitriles is 2. The first-order valence-electron chi connectivity index (χ1n) is 19.5. The number of hydrogen-bond donors (Lipinski definition) is 5. The van der Waals surface area contributed by atoms with Crippen LogP contribution in [0.1, 0.15) is 99.2 Å². The lowest BCUT2D eigenvalue weighted by Crippen LogP contribution is -2.09. The van der Waals surface area contributed by atoms with Gasteiger partial charge in [0.25, 0.3) is 0 Å². The van der Waals surface area contributed by atoms with Crippen molar-refractivity contribution < 1.29 is 78.1 Å². The molecule has 0 atom stereocenters. The number of pyridine rings is 3. The molecule has 72 heavy (non-hydrogen) atoms. The topological polar surface area (TPSA) is 291 Å². The number of nitrogen functional groups attached to an aromatic ring is 2. The Morgan fingerprint density at radius 3 is 1.49 bits per heavy atom. The molecule has 5 aromatic heterocycles. The van der Waals surface area contributed by atoms with Crippen molar-refractivity contribution in [3.05, 3.63) is 71.9 Å². The monoisotopic (exact) mass is 1160 g/mol. The predicted octanol–water partition coefficient (Wildman–Crippen LogP) is 10.9. The van der Waals surface area contributed by atoms with E-state index in [1.54, 1.807) is 19.9 Å². The second kappa shape index (κ2) is 29.2. The average molecular weight is 1170 g/mol. The van der Waals surface area contributed by atoms with Crippen LogP contribution in [0.3, 0.4) is 0 Å². The number of carbonyl (C=O) groups is 5. The third-order valence-electron chi connectivity index (χ3n) is 7.67. The second-order valence-electron chi connectivity index (χ2n) is 13.7. The summed E-state index contributed by atoms with van der Waals surface area (Å²) in [7, 11) is 0. The van der Waals surface area contributed by atoms with Crippen molar-refractivity contribution in [2.75, 3.05) is 30.0 Å². The fraction of sp³-hybridized carbons (Fsp3) is 0.357. The van der Waals surface area contributed by atoms with Crippen LogP contribution in [0.15, 0.2) is 18.2 Å². The maximum Gasteiger partial charge on any atom is 0.417 e. The minimum atomic E-state index is -4.60. The quantitative estimate of drug-likeness (QED) is 0.0317. The molecule has 5 rings (SSSR count). The van der Waals surface area contributed by atoms with Crippen molar-refractivity contribution in [1.82, 2.24) is 15.0 Å². The highest BCUT2D eigenvalue weighted by Gasteiger charge is 2.37. The normalized spacial score (nSPS) is 10.6. The Labute approximate surface area is 430 Å². The Morgan fingerprint density at radius 2 is 1.19 bits per heavy atom. The lowest BCUT2D eigenvalue weighted by Gasteiger charge is -2.09. The van der Waals surface area contributed by atoms with Gasteiger partial charge in [-0.05, 0) is 66.7 Å². The molecule has 0 saturated heterocycles. The number of Topliss-reactive ketones (excluding diaryl/α,β-unsaturated/α-hetero) is 2. The van der Waals surface area contributed by atoms with Gasteiger partial charge in [0.15, 0.2) is 0 Å². The molecule has 0 saturated carbocycles. The average Bonchev–Trinajstić information content (AvgIpc) is 3.75. The van der Waals surface area contributed by atoms with Gasteiger partial charge in [-0.2, -0.15) is 50.0 Å². The molecule has 8 N–H and O–H groups in total. The molecule has 392 valence electrons. The first kappa shape index (κ1) is 65.7. The van der Waals surface area contributed by atoms with Crippen LogP contribution in [0.25, 0.3) is 20.4 Å². The van der Waals surface area contributed by atoms with Gasteiger partial charge in [-0.15, -0.1) is 22.7 Å². The number of thiophene rings is 2. The Morgan fingerprint density at radius 1 is 0.778 bits per heavy atom. The number of H-pyrrole nitrogens is 1. The first-order valence-corrected chi connectivity index (χ1v) is 23.1. The van der Waals surface area contributed by atoms with Crippen LogP contribution in [-0.4, -0.2) is 73.1 Å². The Hall–Kier alpha value is -6.34. The van der Waals surface area contributed by atoms with Gasteiger partial charge in [0, 0.05) is 27.9 Å². The number of thiocarbonyl (C=S) groups is 1. The fourth-order valence-electron chi connectivity index (χ4n) is 5.09. The molecular weight excluding hydrogens is 1120 g/mol. The lowest BCUT2D eigenvalue weighted by atomic mass is 10.1. The molecule has 0 radical (unpaired) electrons. The Kier molecular flexibility index (Phi) is 26.7. The molecule has 0 fully saturated rings. The van der Waals surface area contributed by atoms with Crippen LogP contribution in [0.5, 0.6) is 0 Å². The van der Waals surface area contributed by atoms with Crippen molar-refractivity contribution in [3.8, 4) is 12.1 Å². The molecule has 30 heteroatoms. The number of ether oxygens (including phenoxy) is 2. The number of carboxylic acid groups (broad SMARTS) is 1. The third kappa shape index (κ3) is 21.2. The van der Waals surface area contributed by atoms with Crippen molar-refractivity contribution in [1.29, 1.82) is 10.5 Å². The number of aryl methyl sites for hydroxylation is 3. The van der Waals surface area contributed by atoms with E-state index >= 15 is 0 Å². The molecular formula is C42H42BrF9N8O8S4. The molecule has 0 aliphatic heterocycles. The summed E-state index contributed by atoms with van der Waals surface area (Å²) in [5.41, 5.74) is 12.8. The van der Waals surface area contributed by atoms with E-state index in [1.807, 2.05) is 0 Å². The van der Waals surface area contributed by atoms with E-state index < -0.39 is 52.7 Å². The molecule has 16 nitrogen and oxygen atoms in total. The van der Waals surface area contributed by atoms with E-state index in [4.69, 9.17) is 37.6 Å². The number of ketones is 2. The summed E-state index contributed by atoms with van der Waals surface area (Å²) in [6.45, 7) is 11.1. The van der Waals surface area contributed by atoms with Gasteiger partial charge in [-0.3, -0.25) is 14.4 Å². The minimum Gasteiger partial charge on any atom is -0.477 e. The second-order valence-corrected chi connectivity index (χ2v) is 17.2. The molecule has 0 aromatic carbocycles. The molecule has 0 aliphatic carbocycles. The summed E-state index contributed by atoms with van der Waals surface area (Å²) in [5.74, 6) is -2.43. The van der Waals surface area contributed by atoms with Gasteiger partial charge in [0.1, 0.15) is 47.0 Å². The van der Waals surface area contributed by atoms with Crippen LogP contribution in [0.4, 0.5) is 50.9 Å². The molecule has 0 aliphatic rings. The van der Waals surface area contributed by atoms with Crippen LogP contribution < -0.4 is 17.2 Å². The van der Waals surface area contributed by atoms with Crippen LogP contribution in [0.2, 0.25) is 0 Å². The summed E-state index contributed by atoms with van der Waals surface area (Å²) in [5, 5.41) is 24.9. The van der Waals surface area contributed by atoms with Crippen LogP contribution >= 0.6 is 63.0 Å². The van der Waals surface area contributed by atoms with E-state index in [0.717, 1.165) is 29.5 Å². The number of nitrogens with one attached hydrogen (secondary N) is 1. The smallest absolute Gasteiger partial charge is 0.417 e. The SMILES string of the molecule is CC(=O)CC(C)=O.CCOC(=O)CBr.CCOC(=O)c1sc2nc(C)cc(C(F)(F)F)c2c1N.Cc1cc(C(F)(F)F)c(C#N)c(=S)[nH]1.Cc1cc(C(F)(F)F)c2c(N)c(C(=O)O)sc2n1.N#CCC(N)=S. The number of halogens is 10. The number of aromatic carboxylic acids is 1. The van der Waals surface area contributed by atoms with Crippen LogP contribution in [0, 0.1) is 48.1 Å². The highest BCUT2D eigenvalue weighted by molar-refractivity contribution is 9.09. The van der Waals surface area contributed by atoms with Crippen LogP contribution in [-0.2, 0) is 42.4 Å². The maximum atomic E-state index is 13.0. The van der Waals surface area contributed by atoms with Crippen molar-refractivity contribution >= 4 is 129 Å². The number of aromatic amines is 1. The zero-order valence-electron chi connectivity index (χ0n) is 38.5. The van der Waals surface area contributed by atoms with Gasteiger partial charge in [-0.1, -0.05) is 40.4 Å². The van der Waals surface area contributed by atoms with Gasteiger partial charge >= 0.3 is 36.4 Å². The number of fused-ring (bicyclic) bond motifs is 2. The van der Waals surface area contributed by atoms with E-state index in [9.17, 15) is 63.5 Å². The van der Waals surface area contributed by atoms with Gasteiger partial charge in [0.05, 0.1) is 70.7 Å². The highest BCUT2D eigenvalue weighted by Crippen LogP contribution is 2.43. The number of anilines is 2. The number of rotatable bonds is 8. The van der Waals surface area contributed by atoms with E-state index in [1.165, 1.54) is 40.7 Å². The highest BCUT2D eigenvalue weighted by atomic mass is 79.9. The zero-order chi connectivity index (χ0) is 56.2. The summed E-state index contributed by atoms with van der Waals surface area (Å²) in [6, 6.07) is 5.89. The largest absolute Gasteiger partial charge is 0.477 e. The Bertz CT molecular complexity index is 2910. The summed E-state index contributed by atoms with van der Waals surface area (Å²) >= 11 is 13.4. The maximum absolute atomic E-state index is 13.0. The van der Waals surface area contributed by atoms with Gasteiger partial charge in [-0.25, -0.2) is 19.6 Å². The van der Waals surface area contributed by atoms with E-state index in [-0.39, 0.29) is 105 Å². The zero-order valence-corrected chi connectivity index (χ0v) is 43.4. The minimum absolute atomic E-state index is 0.0165. The number of esters is 2. The molecule has 0 unspecified atom stereocenters. The number of aromatic nitrogens is 3. The Balaban J connectivity index is 0.000000893. The van der Waals surface area contributed by atoms with Gasteiger partial charge in [0.2, 0.25) is 0 Å². The molecule has 5 aromatic rings. The fourth-order valence-corrected chi connectivity index (χ4v) is 7.70. The standard InChI is InChI=1S/C12H11F3N2O2S.C10H7F3N2O2S.C8H5F3N2S.C5H8O2.C4H7BrO2.C3H4N2S/c1-3-19-11(18)9-8(16)7-6(12(13,14)15)4-5(2)17-10(7)20-9;1-3-2-4(10(11,12)13)5-6(14)7(9(16)17)18-8(5)15-3;1-4-2-6(8(9,10)11)5(3-12)7(14)13-4;1-4(6)3-5(2)7;1-2-7-4(6)3-5;4-2-1-3(5)6/h4H,3,16H2,1-2H3;2H,14H2,1H3,(H,16,17);2H,1H3,(H,13,14);3H2,1-2H3;2-3H2,1H3;1H2,(H2,5,6). The van der Waals surface area contributed by atoms with E-state index in [2.05, 4.69) is 60.1 Å². The molecule has 0 spiro atoms. The van der Waals surface area contributed by atoms with E-state index in [0.29, 0.717) is 23.3 Å². The number of carboxylic acids is 1. The van der Waals surface area contributed by atoms with Gasteiger partial charge < -0.3 is 36.8 Å². The number of nitrogens with two attached hydrogens (primary N) is 3. The summed E-state index contributed by atoms with van der Waals surface area (Å²) < 4.78 is 124. The van der Waals surface area contributed by atoms with Crippen molar-refractivity contribution in [2.45, 2.75) is 79.8 Å². The molecule has 0 amide bonds. The summed E-state index contributed by atoms with van der Waals surface area (Å²) in [4.78, 5) is 63.1. The molecule has 0 bridgehead atoms. The number of hydrogen-bond acceptors (Lipinski definition) is 17. The number of alkyl halides is 10. The van der Waals surface area contributed by atoms with Crippen molar-refractivity contribution in [3.63, 3.8) is 0 Å². The number of carbonyl (C=O) groups excluding carboxylic acids is 4. The summed E-state index contributed by atoms with van der Waals surface area (Å²) in [6.07, 6.45) is -13.4. The lowest BCUT2D eigenvalue weighted by molar-refractivity contribution is -0.140. The van der Waals surface area contributed by atoms with Crippen molar-refractivity contribution in [2.24, 2.45) is 5.73 Å². The predicted molar refractivity (Wildman–Crippen MR) is 260 cm³/mol. The molecule has 5 heterocycles. The first-order chi connectivity index (χ1) is 33.0. The number of nitrogens with zero attached hydrogens (tertiary/aromatic N) is 4.